The van der Waals surface area contributed by atoms with Crippen LogP contribution in [0.1, 0.15) is 0 Å². The first-order valence-corrected chi connectivity index (χ1v) is 6.55. The number of hydrogen-bond acceptors (Lipinski definition) is 4. The van der Waals surface area contributed by atoms with Crippen LogP contribution in [0.2, 0.25) is 0 Å². The van der Waals surface area contributed by atoms with Crippen molar-refractivity contribution in [3.63, 3.8) is 0 Å². The summed E-state index contributed by atoms with van der Waals surface area (Å²) in [4.78, 5) is 9.37. The van der Waals surface area contributed by atoms with E-state index >= 15 is 0 Å². The summed E-state index contributed by atoms with van der Waals surface area (Å²) in [6.07, 6.45) is 0. The summed E-state index contributed by atoms with van der Waals surface area (Å²) in [5, 5.41) is 1.97. The van der Waals surface area contributed by atoms with Crippen LogP contribution in [0.25, 0.3) is 21.8 Å². The van der Waals surface area contributed by atoms with Gasteiger partial charge in [-0.1, -0.05) is 18.2 Å². The lowest BCUT2D eigenvalue weighted by atomic mass is 10.1. The zero-order valence-corrected chi connectivity index (χ0v) is 10.7. The van der Waals surface area contributed by atoms with Crippen LogP contribution >= 0.6 is 11.3 Å². The standard InChI is InChI=1S/C14H10FN3S/c15-10-4-1-3-9(7-10)11-8-12(18-14(16)17-11)13-5-2-6-19-13/h1-8H,(H2,16,17,18). The normalized spacial score (nSPS) is 10.6. The molecule has 0 radical (unpaired) electrons. The van der Waals surface area contributed by atoms with E-state index in [0.29, 0.717) is 11.3 Å². The van der Waals surface area contributed by atoms with Gasteiger partial charge in [0.25, 0.3) is 0 Å². The molecule has 1 aromatic carbocycles. The summed E-state index contributed by atoms with van der Waals surface area (Å²) in [5.74, 6) is -0.113. The molecule has 2 N–H and O–H groups in total. The van der Waals surface area contributed by atoms with Crippen LogP contribution in [0.15, 0.2) is 47.8 Å². The number of hydrogen-bond donors (Lipinski definition) is 1. The number of nitrogen functional groups attached to an aromatic ring is 1. The fourth-order valence-electron chi connectivity index (χ4n) is 1.81. The van der Waals surface area contributed by atoms with E-state index in [9.17, 15) is 4.39 Å². The van der Waals surface area contributed by atoms with E-state index in [1.54, 1.807) is 23.5 Å². The summed E-state index contributed by atoms with van der Waals surface area (Å²) in [6, 6.07) is 12.0. The van der Waals surface area contributed by atoms with Gasteiger partial charge in [0.1, 0.15) is 5.82 Å². The minimum atomic E-state index is -0.299. The molecular formula is C14H10FN3S. The second kappa shape index (κ2) is 4.78. The van der Waals surface area contributed by atoms with Crippen LogP contribution in [0.5, 0.6) is 0 Å². The van der Waals surface area contributed by atoms with E-state index in [1.807, 2.05) is 23.6 Å². The number of nitrogens with two attached hydrogens (primary N) is 1. The molecule has 0 atom stereocenters. The maximum atomic E-state index is 13.3. The molecule has 0 unspecified atom stereocenters. The molecule has 94 valence electrons. The van der Waals surface area contributed by atoms with Crippen LogP contribution in [-0.4, -0.2) is 9.97 Å². The highest BCUT2D eigenvalue weighted by Gasteiger charge is 2.08. The van der Waals surface area contributed by atoms with Gasteiger partial charge in [-0.05, 0) is 29.6 Å². The lowest BCUT2D eigenvalue weighted by molar-refractivity contribution is 0.628. The van der Waals surface area contributed by atoms with Crippen LogP contribution in [0, 0.1) is 5.82 Å². The summed E-state index contributed by atoms with van der Waals surface area (Å²) in [6.45, 7) is 0. The molecule has 0 saturated carbocycles. The maximum absolute atomic E-state index is 13.3. The molecule has 0 saturated heterocycles. The first-order valence-electron chi connectivity index (χ1n) is 5.67. The van der Waals surface area contributed by atoms with Gasteiger partial charge in [0.2, 0.25) is 5.95 Å². The minimum Gasteiger partial charge on any atom is -0.368 e. The van der Waals surface area contributed by atoms with Crippen molar-refractivity contribution < 1.29 is 4.39 Å². The van der Waals surface area contributed by atoms with Gasteiger partial charge in [0.05, 0.1) is 16.3 Å². The number of aromatic nitrogens is 2. The van der Waals surface area contributed by atoms with Crippen molar-refractivity contribution in [2.24, 2.45) is 0 Å². The molecule has 0 bridgehead atoms. The molecule has 0 spiro atoms. The average Bonchev–Trinajstić information content (AvgIpc) is 2.92. The Morgan fingerprint density at radius 2 is 1.84 bits per heavy atom. The van der Waals surface area contributed by atoms with Crippen molar-refractivity contribution in [1.82, 2.24) is 9.97 Å². The SMILES string of the molecule is Nc1nc(-c2cccc(F)c2)cc(-c2cccs2)n1. The summed E-state index contributed by atoms with van der Waals surface area (Å²) >= 11 is 1.57. The Labute approximate surface area is 113 Å². The first kappa shape index (κ1) is 11.8. The Morgan fingerprint density at radius 3 is 2.58 bits per heavy atom. The van der Waals surface area contributed by atoms with Crippen molar-refractivity contribution in [2.75, 3.05) is 5.73 Å². The summed E-state index contributed by atoms with van der Waals surface area (Å²) < 4.78 is 13.3. The first-order chi connectivity index (χ1) is 9.22. The number of benzene rings is 1. The third-order valence-electron chi connectivity index (χ3n) is 2.64. The molecule has 2 heterocycles. The van der Waals surface area contributed by atoms with Crippen LogP contribution < -0.4 is 5.73 Å². The quantitative estimate of drug-likeness (QED) is 0.775. The molecule has 3 aromatic rings. The molecule has 3 nitrogen and oxygen atoms in total. The van der Waals surface area contributed by atoms with Crippen LogP contribution in [0.3, 0.4) is 0 Å². The average molecular weight is 271 g/mol. The van der Waals surface area contributed by atoms with Crippen LogP contribution in [-0.2, 0) is 0 Å². The predicted octanol–water partition coefficient (Wildman–Crippen LogP) is 3.59. The van der Waals surface area contributed by atoms with Gasteiger partial charge in [-0.2, -0.15) is 0 Å². The molecule has 0 aliphatic heterocycles. The van der Waals surface area contributed by atoms with E-state index in [-0.39, 0.29) is 11.8 Å². The monoisotopic (exact) mass is 271 g/mol. The second-order valence-corrected chi connectivity index (χ2v) is 4.93. The Bertz CT molecular complexity index is 710. The Kier molecular flexibility index (Phi) is 2.97. The van der Waals surface area contributed by atoms with Crippen LogP contribution in [0.4, 0.5) is 10.3 Å². The van der Waals surface area contributed by atoms with Crippen molar-refractivity contribution >= 4 is 17.3 Å². The number of thiophene rings is 1. The second-order valence-electron chi connectivity index (χ2n) is 3.98. The van der Waals surface area contributed by atoms with Gasteiger partial charge >= 0.3 is 0 Å². The molecule has 2 aromatic heterocycles. The summed E-state index contributed by atoms with van der Waals surface area (Å²) in [7, 11) is 0. The van der Waals surface area contributed by atoms with Crippen molar-refractivity contribution in [3.8, 4) is 21.8 Å². The molecule has 0 aliphatic carbocycles. The lowest BCUT2D eigenvalue weighted by Gasteiger charge is -2.05. The highest BCUT2D eigenvalue weighted by atomic mass is 32.1. The van der Waals surface area contributed by atoms with E-state index < -0.39 is 0 Å². The number of nitrogens with zero attached hydrogens (tertiary/aromatic N) is 2. The third kappa shape index (κ3) is 2.46. The number of anilines is 1. The van der Waals surface area contributed by atoms with E-state index in [1.165, 1.54) is 12.1 Å². The fraction of sp³-hybridized carbons (Fsp3) is 0. The largest absolute Gasteiger partial charge is 0.368 e. The van der Waals surface area contributed by atoms with Gasteiger partial charge < -0.3 is 5.73 Å². The van der Waals surface area contributed by atoms with Crippen molar-refractivity contribution in [3.05, 3.63) is 53.7 Å². The smallest absolute Gasteiger partial charge is 0.221 e. The minimum absolute atomic E-state index is 0.185. The predicted molar refractivity (Wildman–Crippen MR) is 75.2 cm³/mol. The Balaban J connectivity index is 2.12. The number of halogens is 1. The van der Waals surface area contributed by atoms with E-state index in [4.69, 9.17) is 5.73 Å². The molecule has 19 heavy (non-hydrogen) atoms. The maximum Gasteiger partial charge on any atom is 0.221 e. The van der Waals surface area contributed by atoms with Crippen molar-refractivity contribution in [1.29, 1.82) is 0 Å². The highest BCUT2D eigenvalue weighted by molar-refractivity contribution is 7.13. The van der Waals surface area contributed by atoms with Gasteiger partial charge in [0.15, 0.2) is 0 Å². The zero-order chi connectivity index (χ0) is 13.2. The Morgan fingerprint density at radius 1 is 1.00 bits per heavy atom. The molecule has 0 fully saturated rings. The fourth-order valence-corrected chi connectivity index (χ4v) is 2.50. The summed E-state index contributed by atoms with van der Waals surface area (Å²) in [5.41, 5.74) is 7.79. The van der Waals surface area contributed by atoms with Gasteiger partial charge in [-0.25, -0.2) is 14.4 Å². The topological polar surface area (TPSA) is 51.8 Å². The molecule has 0 aliphatic rings. The van der Waals surface area contributed by atoms with Gasteiger partial charge in [0, 0.05) is 5.56 Å². The van der Waals surface area contributed by atoms with Crippen molar-refractivity contribution in [2.45, 2.75) is 0 Å². The molecule has 5 heteroatoms. The Hall–Kier alpha value is -2.27. The third-order valence-corrected chi connectivity index (χ3v) is 3.53. The molecular weight excluding hydrogens is 261 g/mol. The van der Waals surface area contributed by atoms with Gasteiger partial charge in [-0.3, -0.25) is 0 Å². The van der Waals surface area contributed by atoms with E-state index in [0.717, 1.165) is 10.6 Å². The lowest BCUT2D eigenvalue weighted by Crippen LogP contribution is -1.98. The number of rotatable bonds is 2. The van der Waals surface area contributed by atoms with E-state index in [2.05, 4.69) is 9.97 Å². The highest BCUT2D eigenvalue weighted by Crippen LogP contribution is 2.27. The van der Waals surface area contributed by atoms with Gasteiger partial charge in [-0.15, -0.1) is 11.3 Å². The zero-order valence-electron chi connectivity index (χ0n) is 9.88. The molecule has 3 rings (SSSR count). The molecule has 0 amide bonds.